The number of ether oxygens (including phenoxy) is 1. The van der Waals surface area contributed by atoms with Gasteiger partial charge in [0.15, 0.2) is 0 Å². The van der Waals surface area contributed by atoms with Crippen LogP contribution in [0.1, 0.15) is 26.2 Å². The molecule has 0 unspecified atom stereocenters. The average molecular weight is 200 g/mol. The highest BCUT2D eigenvalue weighted by molar-refractivity contribution is 4.80. The van der Waals surface area contributed by atoms with Crippen LogP contribution in [0.5, 0.6) is 0 Å². The SMILES string of the molecule is CCN(CCCNC1CC1)CCOC. The van der Waals surface area contributed by atoms with E-state index < -0.39 is 0 Å². The third-order valence-corrected chi connectivity index (χ3v) is 2.72. The third kappa shape index (κ3) is 5.58. The fourth-order valence-electron chi connectivity index (χ4n) is 1.54. The molecule has 0 aliphatic heterocycles. The average Bonchev–Trinajstić information content (AvgIpc) is 3.01. The van der Waals surface area contributed by atoms with Gasteiger partial charge in [-0.15, -0.1) is 0 Å². The second-order valence-corrected chi connectivity index (χ2v) is 4.01. The van der Waals surface area contributed by atoms with Crippen LogP contribution in [0.25, 0.3) is 0 Å². The van der Waals surface area contributed by atoms with E-state index in [-0.39, 0.29) is 0 Å². The van der Waals surface area contributed by atoms with E-state index in [4.69, 9.17) is 4.74 Å². The maximum atomic E-state index is 5.07. The Morgan fingerprint density at radius 1 is 1.36 bits per heavy atom. The predicted octanol–water partition coefficient (Wildman–Crippen LogP) is 1.10. The van der Waals surface area contributed by atoms with E-state index in [1.165, 1.54) is 32.4 Å². The highest BCUT2D eigenvalue weighted by Crippen LogP contribution is 2.18. The van der Waals surface area contributed by atoms with Gasteiger partial charge < -0.3 is 15.0 Å². The molecule has 0 heterocycles. The van der Waals surface area contributed by atoms with Gasteiger partial charge >= 0.3 is 0 Å². The lowest BCUT2D eigenvalue weighted by molar-refractivity contribution is 0.150. The van der Waals surface area contributed by atoms with Crippen molar-refractivity contribution in [3.05, 3.63) is 0 Å². The molecule has 0 radical (unpaired) electrons. The van der Waals surface area contributed by atoms with Crippen LogP contribution < -0.4 is 5.32 Å². The number of likely N-dealkylation sites (N-methyl/N-ethyl adjacent to an activating group) is 1. The Morgan fingerprint density at radius 3 is 2.71 bits per heavy atom. The molecule has 1 fully saturated rings. The number of hydrogen-bond acceptors (Lipinski definition) is 3. The van der Waals surface area contributed by atoms with Crippen molar-refractivity contribution in [3.63, 3.8) is 0 Å². The van der Waals surface area contributed by atoms with E-state index >= 15 is 0 Å². The summed E-state index contributed by atoms with van der Waals surface area (Å²) >= 11 is 0. The fourth-order valence-corrected chi connectivity index (χ4v) is 1.54. The van der Waals surface area contributed by atoms with Crippen LogP contribution in [0.4, 0.5) is 0 Å². The van der Waals surface area contributed by atoms with Crippen LogP contribution in [0.3, 0.4) is 0 Å². The van der Waals surface area contributed by atoms with Crippen molar-refractivity contribution >= 4 is 0 Å². The Morgan fingerprint density at radius 2 is 2.14 bits per heavy atom. The molecular formula is C11H24N2O. The lowest BCUT2D eigenvalue weighted by atomic mass is 10.3. The van der Waals surface area contributed by atoms with Crippen molar-refractivity contribution in [2.24, 2.45) is 0 Å². The molecule has 0 aromatic heterocycles. The Bertz CT molecular complexity index is 137. The first-order chi connectivity index (χ1) is 6.86. The smallest absolute Gasteiger partial charge is 0.0589 e. The summed E-state index contributed by atoms with van der Waals surface area (Å²) in [6.45, 7) is 7.63. The fraction of sp³-hybridized carbons (Fsp3) is 1.00. The Hall–Kier alpha value is -0.120. The van der Waals surface area contributed by atoms with Gasteiger partial charge in [-0.2, -0.15) is 0 Å². The molecular weight excluding hydrogens is 176 g/mol. The standard InChI is InChI=1S/C11H24N2O/c1-3-13(9-10-14-2)8-4-7-12-11-5-6-11/h11-12H,3-10H2,1-2H3. The summed E-state index contributed by atoms with van der Waals surface area (Å²) in [6, 6.07) is 0.851. The van der Waals surface area contributed by atoms with Crippen LogP contribution >= 0.6 is 0 Å². The monoisotopic (exact) mass is 200 g/mol. The van der Waals surface area contributed by atoms with E-state index in [1.54, 1.807) is 7.11 Å². The maximum Gasteiger partial charge on any atom is 0.0589 e. The van der Waals surface area contributed by atoms with E-state index in [1.807, 2.05) is 0 Å². The van der Waals surface area contributed by atoms with Crippen LogP contribution in [-0.4, -0.2) is 50.8 Å². The molecule has 0 amide bonds. The summed E-state index contributed by atoms with van der Waals surface area (Å²) in [5.41, 5.74) is 0. The Balaban J connectivity index is 1.89. The molecule has 0 atom stereocenters. The molecule has 0 aromatic rings. The van der Waals surface area contributed by atoms with Gasteiger partial charge in [0, 0.05) is 19.7 Å². The number of methoxy groups -OCH3 is 1. The normalized spacial score (nSPS) is 16.5. The molecule has 14 heavy (non-hydrogen) atoms. The number of nitrogens with zero attached hydrogens (tertiary/aromatic N) is 1. The highest BCUT2D eigenvalue weighted by Gasteiger charge is 2.19. The van der Waals surface area contributed by atoms with Crippen molar-refractivity contribution in [2.45, 2.75) is 32.2 Å². The number of rotatable bonds is 9. The largest absolute Gasteiger partial charge is 0.383 e. The lowest BCUT2D eigenvalue weighted by Crippen LogP contribution is -2.30. The van der Waals surface area contributed by atoms with Crippen molar-refractivity contribution in [2.75, 3.05) is 39.9 Å². The first-order valence-electron chi connectivity index (χ1n) is 5.81. The minimum atomic E-state index is 0.851. The van der Waals surface area contributed by atoms with E-state index in [2.05, 4.69) is 17.1 Å². The van der Waals surface area contributed by atoms with Crippen molar-refractivity contribution in [3.8, 4) is 0 Å². The first kappa shape index (κ1) is 12.0. The molecule has 3 heteroatoms. The van der Waals surface area contributed by atoms with Crippen molar-refractivity contribution in [1.29, 1.82) is 0 Å². The van der Waals surface area contributed by atoms with Gasteiger partial charge in [-0.3, -0.25) is 0 Å². The topological polar surface area (TPSA) is 24.5 Å². The summed E-state index contributed by atoms with van der Waals surface area (Å²) in [7, 11) is 1.77. The predicted molar refractivity (Wildman–Crippen MR) is 59.6 cm³/mol. The quantitative estimate of drug-likeness (QED) is 0.564. The van der Waals surface area contributed by atoms with Gasteiger partial charge in [0.25, 0.3) is 0 Å². The first-order valence-corrected chi connectivity index (χ1v) is 5.81. The third-order valence-electron chi connectivity index (χ3n) is 2.72. The lowest BCUT2D eigenvalue weighted by Gasteiger charge is -2.19. The minimum Gasteiger partial charge on any atom is -0.383 e. The summed E-state index contributed by atoms with van der Waals surface area (Å²) < 4.78 is 5.07. The second kappa shape index (κ2) is 7.21. The Kier molecular flexibility index (Phi) is 6.15. The van der Waals surface area contributed by atoms with Crippen molar-refractivity contribution < 1.29 is 4.74 Å². The highest BCUT2D eigenvalue weighted by atomic mass is 16.5. The van der Waals surface area contributed by atoms with Gasteiger partial charge in [-0.05, 0) is 38.9 Å². The molecule has 1 aliphatic rings. The van der Waals surface area contributed by atoms with E-state index in [0.29, 0.717) is 0 Å². The van der Waals surface area contributed by atoms with E-state index in [9.17, 15) is 0 Å². The zero-order chi connectivity index (χ0) is 10.2. The van der Waals surface area contributed by atoms with Crippen LogP contribution in [0.2, 0.25) is 0 Å². The zero-order valence-electron chi connectivity index (χ0n) is 9.59. The van der Waals surface area contributed by atoms with Gasteiger partial charge in [-0.1, -0.05) is 6.92 Å². The summed E-state index contributed by atoms with van der Waals surface area (Å²) in [6.07, 6.45) is 4.04. The minimum absolute atomic E-state index is 0.851. The molecule has 0 saturated heterocycles. The molecule has 1 rings (SSSR count). The van der Waals surface area contributed by atoms with Crippen LogP contribution in [0.15, 0.2) is 0 Å². The summed E-state index contributed by atoms with van der Waals surface area (Å²) in [5.74, 6) is 0. The molecule has 0 spiro atoms. The number of hydrogen-bond donors (Lipinski definition) is 1. The van der Waals surface area contributed by atoms with E-state index in [0.717, 1.165) is 25.7 Å². The molecule has 84 valence electrons. The van der Waals surface area contributed by atoms with Gasteiger partial charge in [0.1, 0.15) is 0 Å². The van der Waals surface area contributed by atoms with Gasteiger partial charge in [0.2, 0.25) is 0 Å². The molecule has 1 N–H and O–H groups in total. The molecule has 1 aliphatic carbocycles. The molecule has 0 bridgehead atoms. The Labute approximate surface area is 87.8 Å². The maximum absolute atomic E-state index is 5.07. The van der Waals surface area contributed by atoms with Gasteiger partial charge in [-0.25, -0.2) is 0 Å². The molecule has 1 saturated carbocycles. The molecule has 3 nitrogen and oxygen atoms in total. The zero-order valence-corrected chi connectivity index (χ0v) is 9.59. The molecule has 0 aromatic carbocycles. The summed E-state index contributed by atoms with van der Waals surface area (Å²) in [4.78, 5) is 2.44. The number of nitrogens with one attached hydrogen (secondary N) is 1. The second-order valence-electron chi connectivity index (χ2n) is 4.01. The van der Waals surface area contributed by atoms with Crippen molar-refractivity contribution in [1.82, 2.24) is 10.2 Å². The summed E-state index contributed by atoms with van der Waals surface area (Å²) in [5, 5.41) is 3.53. The van der Waals surface area contributed by atoms with Crippen LogP contribution in [-0.2, 0) is 4.74 Å². The van der Waals surface area contributed by atoms with Crippen LogP contribution in [0, 0.1) is 0 Å². The van der Waals surface area contributed by atoms with Gasteiger partial charge in [0.05, 0.1) is 6.61 Å².